The van der Waals surface area contributed by atoms with Crippen LogP contribution in [-0.4, -0.2) is 19.2 Å². The lowest BCUT2D eigenvalue weighted by Crippen LogP contribution is -2.31. The summed E-state index contributed by atoms with van der Waals surface area (Å²) in [7, 11) is 0. The normalized spacial score (nSPS) is 12.2. The summed E-state index contributed by atoms with van der Waals surface area (Å²) in [4.78, 5) is 12.0. The summed E-state index contributed by atoms with van der Waals surface area (Å²) >= 11 is 0. The van der Waals surface area contributed by atoms with Gasteiger partial charge in [0.25, 0.3) is 0 Å². The van der Waals surface area contributed by atoms with E-state index in [0.29, 0.717) is 6.61 Å². The van der Waals surface area contributed by atoms with Gasteiger partial charge in [0.1, 0.15) is 19.0 Å². The van der Waals surface area contributed by atoms with Crippen LogP contribution < -0.4 is 4.74 Å². The van der Waals surface area contributed by atoms with E-state index in [-0.39, 0.29) is 18.5 Å². The Morgan fingerprint density at radius 1 is 0.581 bits per heavy atom. The molecule has 0 heterocycles. The maximum absolute atomic E-state index is 12.0. The van der Waals surface area contributed by atoms with E-state index < -0.39 is 5.41 Å². The molecular weight excluding hydrogens is 528 g/mol. The Labute approximate surface area is 253 Å². The molecular formula is C40H36O3. The number of esters is 1. The molecule has 0 saturated carbocycles. The van der Waals surface area contributed by atoms with Crippen molar-refractivity contribution in [2.24, 2.45) is 5.92 Å². The van der Waals surface area contributed by atoms with Crippen LogP contribution in [-0.2, 0) is 14.9 Å². The predicted octanol–water partition coefficient (Wildman–Crippen LogP) is 9.34. The number of fused-ring (bicyclic) bond motifs is 2. The van der Waals surface area contributed by atoms with Gasteiger partial charge < -0.3 is 9.47 Å². The number of ether oxygens (including phenoxy) is 2. The van der Waals surface area contributed by atoms with E-state index in [2.05, 4.69) is 127 Å². The first-order valence-electron chi connectivity index (χ1n) is 15.0. The van der Waals surface area contributed by atoms with Gasteiger partial charge in [0, 0.05) is 0 Å². The molecule has 0 radical (unpaired) electrons. The Hall–Kier alpha value is -4.89. The predicted molar refractivity (Wildman–Crippen MR) is 176 cm³/mol. The van der Waals surface area contributed by atoms with Crippen LogP contribution in [0, 0.1) is 5.92 Å². The van der Waals surface area contributed by atoms with Gasteiger partial charge in [-0.1, -0.05) is 129 Å². The summed E-state index contributed by atoms with van der Waals surface area (Å²) in [5.41, 5.74) is 4.13. The van der Waals surface area contributed by atoms with Crippen molar-refractivity contribution in [3.63, 3.8) is 0 Å². The van der Waals surface area contributed by atoms with Crippen molar-refractivity contribution >= 4 is 27.5 Å². The molecule has 0 spiro atoms. The first kappa shape index (κ1) is 28.2. The standard InChI is InChI=1S/C40H36O3/c1-3-29(2)39(41)43-26-25-42-38-23-21-35(22-24-38)40(34-15-5-4-6-16-34,36-19-17-30-11-7-9-13-32(30)27-36)37-20-18-31-12-8-10-14-33(31)28-37/h4-24,27-29H,3,25-26H2,1-2H3. The van der Waals surface area contributed by atoms with Gasteiger partial charge in [0.2, 0.25) is 0 Å². The lowest BCUT2D eigenvalue weighted by atomic mass is 9.64. The third-order valence-corrected chi connectivity index (χ3v) is 8.47. The van der Waals surface area contributed by atoms with Crippen LogP contribution in [0.2, 0.25) is 0 Å². The van der Waals surface area contributed by atoms with Crippen molar-refractivity contribution in [2.75, 3.05) is 13.2 Å². The Kier molecular flexibility index (Phi) is 8.24. The van der Waals surface area contributed by atoms with Crippen molar-refractivity contribution < 1.29 is 14.3 Å². The molecule has 6 aromatic rings. The van der Waals surface area contributed by atoms with E-state index in [0.717, 1.165) is 17.7 Å². The monoisotopic (exact) mass is 564 g/mol. The van der Waals surface area contributed by atoms with Gasteiger partial charge in [-0.05, 0) is 74.5 Å². The van der Waals surface area contributed by atoms with Gasteiger partial charge in [0.05, 0.1) is 11.3 Å². The summed E-state index contributed by atoms with van der Waals surface area (Å²) in [6.45, 7) is 4.40. The van der Waals surface area contributed by atoms with Crippen LogP contribution in [0.1, 0.15) is 42.5 Å². The fraction of sp³-hybridized carbons (Fsp3) is 0.175. The molecule has 43 heavy (non-hydrogen) atoms. The largest absolute Gasteiger partial charge is 0.490 e. The Bertz CT molecular complexity index is 1760. The number of carbonyl (C=O) groups excluding carboxylic acids is 1. The first-order valence-corrected chi connectivity index (χ1v) is 15.0. The molecule has 0 N–H and O–H groups in total. The fourth-order valence-corrected chi connectivity index (χ4v) is 5.95. The third kappa shape index (κ3) is 5.63. The molecule has 0 aliphatic heterocycles. The molecule has 1 unspecified atom stereocenters. The summed E-state index contributed by atoms with van der Waals surface area (Å²) in [6.07, 6.45) is 0.763. The van der Waals surface area contributed by atoms with Crippen molar-refractivity contribution in [3.8, 4) is 5.75 Å². The number of benzene rings is 6. The molecule has 0 saturated heterocycles. The minimum atomic E-state index is -0.584. The second-order valence-electron chi connectivity index (χ2n) is 11.1. The maximum atomic E-state index is 12.0. The van der Waals surface area contributed by atoms with E-state index in [1.54, 1.807) is 0 Å². The zero-order chi connectivity index (χ0) is 29.6. The summed E-state index contributed by atoms with van der Waals surface area (Å²) < 4.78 is 11.4. The average molecular weight is 565 g/mol. The highest BCUT2D eigenvalue weighted by Gasteiger charge is 2.38. The molecule has 6 rings (SSSR count). The molecule has 0 bridgehead atoms. The molecule has 3 nitrogen and oxygen atoms in total. The zero-order valence-electron chi connectivity index (χ0n) is 24.7. The molecule has 0 fully saturated rings. The molecule has 1 atom stereocenters. The molecule has 0 aliphatic carbocycles. The van der Waals surface area contributed by atoms with Crippen LogP contribution >= 0.6 is 0 Å². The first-order chi connectivity index (χ1) is 21.1. The molecule has 214 valence electrons. The smallest absolute Gasteiger partial charge is 0.308 e. The van der Waals surface area contributed by atoms with Crippen LogP contribution in [0.3, 0.4) is 0 Å². The second kappa shape index (κ2) is 12.5. The Morgan fingerprint density at radius 3 is 1.63 bits per heavy atom. The molecule has 0 aromatic heterocycles. The van der Waals surface area contributed by atoms with Gasteiger partial charge in [0.15, 0.2) is 0 Å². The van der Waals surface area contributed by atoms with E-state index in [1.165, 1.54) is 38.2 Å². The lowest BCUT2D eigenvalue weighted by Gasteiger charge is -2.37. The summed E-state index contributed by atoms with van der Waals surface area (Å²) in [5.74, 6) is 0.456. The van der Waals surface area contributed by atoms with Gasteiger partial charge in [-0.25, -0.2) is 0 Å². The lowest BCUT2D eigenvalue weighted by molar-refractivity contribution is -0.148. The summed E-state index contributed by atoms with van der Waals surface area (Å²) in [5, 5.41) is 4.83. The minimum absolute atomic E-state index is 0.101. The van der Waals surface area contributed by atoms with Crippen LogP contribution in [0.5, 0.6) is 5.75 Å². The van der Waals surface area contributed by atoms with Gasteiger partial charge in [-0.15, -0.1) is 0 Å². The zero-order valence-corrected chi connectivity index (χ0v) is 24.7. The van der Waals surface area contributed by atoms with E-state index >= 15 is 0 Å². The maximum Gasteiger partial charge on any atom is 0.308 e. The van der Waals surface area contributed by atoms with Crippen molar-refractivity contribution in [3.05, 3.63) is 162 Å². The Balaban J connectivity index is 1.46. The SMILES string of the molecule is CCC(C)C(=O)OCCOc1ccc(C(c2ccccc2)(c2ccc3ccccc3c2)c2ccc3ccccc3c2)cc1. The van der Waals surface area contributed by atoms with E-state index in [9.17, 15) is 4.79 Å². The molecule has 0 aliphatic rings. The highest BCUT2D eigenvalue weighted by Crippen LogP contribution is 2.46. The topological polar surface area (TPSA) is 35.5 Å². The molecule has 3 heteroatoms. The van der Waals surface area contributed by atoms with Crippen molar-refractivity contribution in [2.45, 2.75) is 25.7 Å². The minimum Gasteiger partial charge on any atom is -0.490 e. The third-order valence-electron chi connectivity index (χ3n) is 8.47. The quantitative estimate of drug-likeness (QED) is 0.0945. The highest BCUT2D eigenvalue weighted by molar-refractivity contribution is 5.86. The summed E-state index contributed by atoms with van der Waals surface area (Å²) in [6, 6.07) is 49.8. The van der Waals surface area contributed by atoms with Crippen LogP contribution in [0.15, 0.2) is 140 Å². The second-order valence-corrected chi connectivity index (χ2v) is 11.1. The number of hydrogen-bond donors (Lipinski definition) is 0. The van der Waals surface area contributed by atoms with E-state index in [1.807, 2.05) is 26.0 Å². The van der Waals surface area contributed by atoms with Crippen molar-refractivity contribution in [1.29, 1.82) is 0 Å². The van der Waals surface area contributed by atoms with Crippen LogP contribution in [0.25, 0.3) is 21.5 Å². The van der Waals surface area contributed by atoms with E-state index in [4.69, 9.17) is 9.47 Å². The number of rotatable bonds is 10. The van der Waals surface area contributed by atoms with Gasteiger partial charge in [-0.2, -0.15) is 0 Å². The Morgan fingerprint density at radius 2 is 1.07 bits per heavy atom. The van der Waals surface area contributed by atoms with Gasteiger partial charge in [-0.3, -0.25) is 4.79 Å². The number of hydrogen-bond acceptors (Lipinski definition) is 3. The van der Waals surface area contributed by atoms with Crippen molar-refractivity contribution in [1.82, 2.24) is 0 Å². The molecule has 6 aromatic carbocycles. The average Bonchev–Trinajstić information content (AvgIpc) is 3.07. The van der Waals surface area contributed by atoms with Crippen LogP contribution in [0.4, 0.5) is 0 Å². The molecule has 0 amide bonds. The van der Waals surface area contributed by atoms with Gasteiger partial charge >= 0.3 is 5.97 Å². The fourth-order valence-electron chi connectivity index (χ4n) is 5.95. The highest BCUT2D eigenvalue weighted by atomic mass is 16.6. The number of carbonyl (C=O) groups is 1.